The number of ether oxygens (including phenoxy) is 1. The van der Waals surface area contributed by atoms with Crippen molar-refractivity contribution in [3.8, 4) is 5.75 Å². The van der Waals surface area contributed by atoms with Crippen molar-refractivity contribution in [1.82, 2.24) is 5.32 Å². The predicted molar refractivity (Wildman–Crippen MR) is 71.7 cm³/mol. The largest absolute Gasteiger partial charge is 0.491 e. The highest BCUT2D eigenvalue weighted by molar-refractivity contribution is 5.30. The van der Waals surface area contributed by atoms with Crippen molar-refractivity contribution < 1.29 is 13.5 Å². The minimum absolute atomic E-state index is 0.0516. The Labute approximate surface area is 113 Å². The summed E-state index contributed by atoms with van der Waals surface area (Å²) in [6.07, 6.45) is 1.10. The lowest BCUT2D eigenvalue weighted by atomic mass is 9.87. The SMILES string of the molecule is CC(C)Oc1ccc(C(F)(F)C2CCNCC2)cc1. The Morgan fingerprint density at radius 3 is 2.26 bits per heavy atom. The van der Waals surface area contributed by atoms with Crippen LogP contribution in [0.5, 0.6) is 5.75 Å². The third kappa shape index (κ3) is 3.44. The Kier molecular flexibility index (Phi) is 4.40. The number of hydrogen-bond acceptors (Lipinski definition) is 2. The molecule has 0 atom stereocenters. The number of nitrogens with one attached hydrogen (secondary N) is 1. The van der Waals surface area contributed by atoms with E-state index < -0.39 is 11.8 Å². The van der Waals surface area contributed by atoms with Gasteiger partial charge in [0.15, 0.2) is 0 Å². The lowest BCUT2D eigenvalue weighted by molar-refractivity contribution is -0.0753. The van der Waals surface area contributed by atoms with E-state index >= 15 is 0 Å². The average molecular weight is 269 g/mol. The predicted octanol–water partition coefficient (Wildman–Crippen LogP) is 3.57. The van der Waals surface area contributed by atoms with Crippen molar-refractivity contribution in [2.45, 2.75) is 38.7 Å². The summed E-state index contributed by atoms with van der Waals surface area (Å²) in [5.41, 5.74) is 0.0931. The van der Waals surface area contributed by atoms with Crippen LogP contribution in [-0.4, -0.2) is 19.2 Å². The molecule has 1 aromatic rings. The second kappa shape index (κ2) is 5.87. The molecule has 0 bridgehead atoms. The smallest absolute Gasteiger partial charge is 0.276 e. The molecule has 0 spiro atoms. The summed E-state index contributed by atoms with van der Waals surface area (Å²) >= 11 is 0. The standard InChI is InChI=1S/C15H21F2NO/c1-11(2)19-14-5-3-12(4-6-14)15(16,17)13-7-9-18-10-8-13/h3-6,11,13,18H,7-10H2,1-2H3. The Morgan fingerprint density at radius 1 is 1.16 bits per heavy atom. The zero-order valence-corrected chi connectivity index (χ0v) is 11.5. The zero-order valence-electron chi connectivity index (χ0n) is 11.5. The minimum Gasteiger partial charge on any atom is -0.491 e. The van der Waals surface area contributed by atoms with E-state index in [0.717, 1.165) is 0 Å². The van der Waals surface area contributed by atoms with Crippen molar-refractivity contribution in [3.63, 3.8) is 0 Å². The highest BCUT2D eigenvalue weighted by atomic mass is 19.3. The van der Waals surface area contributed by atoms with E-state index in [1.807, 2.05) is 13.8 Å². The van der Waals surface area contributed by atoms with E-state index in [4.69, 9.17) is 4.74 Å². The molecule has 19 heavy (non-hydrogen) atoms. The van der Waals surface area contributed by atoms with Gasteiger partial charge in [0.1, 0.15) is 5.75 Å². The highest BCUT2D eigenvalue weighted by Crippen LogP contribution is 2.40. The normalized spacial score (nSPS) is 17.7. The fourth-order valence-corrected chi connectivity index (χ4v) is 2.45. The van der Waals surface area contributed by atoms with Gasteiger partial charge in [-0.3, -0.25) is 0 Å². The maximum atomic E-state index is 14.4. The minimum atomic E-state index is -2.75. The fourth-order valence-electron chi connectivity index (χ4n) is 2.45. The summed E-state index contributed by atoms with van der Waals surface area (Å²) < 4.78 is 34.2. The Hall–Kier alpha value is -1.16. The molecule has 4 heteroatoms. The molecular formula is C15H21F2NO. The molecule has 2 nitrogen and oxygen atoms in total. The van der Waals surface area contributed by atoms with Gasteiger partial charge in [0.05, 0.1) is 6.10 Å². The summed E-state index contributed by atoms with van der Waals surface area (Å²) in [7, 11) is 0. The van der Waals surface area contributed by atoms with Gasteiger partial charge in [0, 0.05) is 11.5 Å². The molecule has 0 saturated carbocycles. The van der Waals surface area contributed by atoms with Gasteiger partial charge in [-0.25, -0.2) is 8.78 Å². The first-order chi connectivity index (χ1) is 9.00. The maximum Gasteiger partial charge on any atom is 0.276 e. The van der Waals surface area contributed by atoms with E-state index in [1.54, 1.807) is 12.1 Å². The number of halogens is 2. The van der Waals surface area contributed by atoms with Gasteiger partial charge < -0.3 is 10.1 Å². The van der Waals surface area contributed by atoms with Gasteiger partial charge in [0.2, 0.25) is 0 Å². The van der Waals surface area contributed by atoms with Crippen molar-refractivity contribution in [2.75, 3.05) is 13.1 Å². The molecule has 0 amide bonds. The second-order valence-electron chi connectivity index (χ2n) is 5.34. The van der Waals surface area contributed by atoms with E-state index in [2.05, 4.69) is 5.32 Å². The average Bonchev–Trinajstić information content (AvgIpc) is 2.40. The molecule has 0 unspecified atom stereocenters. The first-order valence-electron chi connectivity index (χ1n) is 6.86. The molecule has 0 aromatic heterocycles. The van der Waals surface area contributed by atoms with Crippen LogP contribution in [0.25, 0.3) is 0 Å². The molecule has 1 aromatic carbocycles. The Morgan fingerprint density at radius 2 is 1.74 bits per heavy atom. The van der Waals surface area contributed by atoms with Crippen LogP contribution in [0.3, 0.4) is 0 Å². The van der Waals surface area contributed by atoms with E-state index in [0.29, 0.717) is 31.7 Å². The molecule has 1 fully saturated rings. The lowest BCUT2D eigenvalue weighted by Crippen LogP contribution is -2.36. The number of rotatable bonds is 4. The third-order valence-corrected chi connectivity index (χ3v) is 3.46. The Bertz CT molecular complexity index is 397. The van der Waals surface area contributed by atoms with Crippen LogP contribution in [0, 0.1) is 5.92 Å². The highest BCUT2D eigenvalue weighted by Gasteiger charge is 2.41. The van der Waals surface area contributed by atoms with Crippen molar-refractivity contribution >= 4 is 0 Å². The molecule has 1 aliphatic rings. The van der Waals surface area contributed by atoms with Gasteiger partial charge in [-0.1, -0.05) is 0 Å². The van der Waals surface area contributed by atoms with Crippen LogP contribution in [0.4, 0.5) is 8.78 Å². The zero-order chi connectivity index (χ0) is 13.9. The summed E-state index contributed by atoms with van der Waals surface area (Å²) in [6, 6.07) is 6.23. The summed E-state index contributed by atoms with van der Waals surface area (Å²) in [5.74, 6) is -2.68. The van der Waals surface area contributed by atoms with Crippen molar-refractivity contribution in [1.29, 1.82) is 0 Å². The number of alkyl halides is 2. The molecule has 106 valence electrons. The van der Waals surface area contributed by atoms with Crippen LogP contribution in [-0.2, 0) is 5.92 Å². The van der Waals surface area contributed by atoms with Gasteiger partial charge in [-0.05, 0) is 64.0 Å². The molecule has 1 aliphatic heterocycles. The number of piperidine rings is 1. The van der Waals surface area contributed by atoms with Crippen LogP contribution in [0.15, 0.2) is 24.3 Å². The van der Waals surface area contributed by atoms with Gasteiger partial charge in [0.25, 0.3) is 5.92 Å². The van der Waals surface area contributed by atoms with Gasteiger partial charge in [-0.2, -0.15) is 0 Å². The molecule has 1 heterocycles. The second-order valence-corrected chi connectivity index (χ2v) is 5.34. The van der Waals surface area contributed by atoms with Crippen molar-refractivity contribution in [3.05, 3.63) is 29.8 Å². The topological polar surface area (TPSA) is 21.3 Å². The number of benzene rings is 1. The molecule has 0 aliphatic carbocycles. The van der Waals surface area contributed by atoms with E-state index in [-0.39, 0.29) is 11.7 Å². The van der Waals surface area contributed by atoms with Crippen LogP contribution < -0.4 is 10.1 Å². The molecule has 2 rings (SSSR count). The van der Waals surface area contributed by atoms with Gasteiger partial charge in [-0.15, -0.1) is 0 Å². The summed E-state index contributed by atoms with van der Waals surface area (Å²) in [6.45, 7) is 5.18. The van der Waals surface area contributed by atoms with Crippen LogP contribution in [0.2, 0.25) is 0 Å². The van der Waals surface area contributed by atoms with Crippen molar-refractivity contribution in [2.24, 2.45) is 5.92 Å². The molecule has 1 N–H and O–H groups in total. The first kappa shape index (κ1) is 14.3. The molecular weight excluding hydrogens is 248 g/mol. The van der Waals surface area contributed by atoms with E-state index in [9.17, 15) is 8.78 Å². The first-order valence-corrected chi connectivity index (χ1v) is 6.86. The van der Waals surface area contributed by atoms with Gasteiger partial charge >= 0.3 is 0 Å². The molecule has 0 radical (unpaired) electrons. The summed E-state index contributed by atoms with van der Waals surface area (Å²) in [4.78, 5) is 0. The quantitative estimate of drug-likeness (QED) is 0.902. The monoisotopic (exact) mass is 269 g/mol. The van der Waals surface area contributed by atoms with Crippen LogP contribution >= 0.6 is 0 Å². The van der Waals surface area contributed by atoms with E-state index in [1.165, 1.54) is 12.1 Å². The summed E-state index contributed by atoms with van der Waals surface area (Å²) in [5, 5.41) is 3.12. The number of hydrogen-bond donors (Lipinski definition) is 1. The molecule has 1 saturated heterocycles. The Balaban J connectivity index is 2.11. The third-order valence-electron chi connectivity index (χ3n) is 3.46. The van der Waals surface area contributed by atoms with Crippen LogP contribution in [0.1, 0.15) is 32.3 Å². The fraction of sp³-hybridized carbons (Fsp3) is 0.600. The lowest BCUT2D eigenvalue weighted by Gasteiger charge is -2.30. The maximum absolute atomic E-state index is 14.4.